The molecule has 0 radical (unpaired) electrons. The van der Waals surface area contributed by atoms with E-state index in [1.165, 1.54) is 5.56 Å². The van der Waals surface area contributed by atoms with E-state index in [4.69, 9.17) is 26.8 Å². The Hall–Kier alpha value is -1.87. The van der Waals surface area contributed by atoms with Crippen LogP contribution in [0.3, 0.4) is 0 Å². The average Bonchev–Trinajstić information content (AvgIpc) is 3.07. The quantitative estimate of drug-likeness (QED) is 0.669. The number of nitrogens with two attached hydrogens (primary N) is 1. The van der Waals surface area contributed by atoms with Gasteiger partial charge in [-0.3, -0.25) is 4.57 Å². The first-order valence-corrected chi connectivity index (χ1v) is 9.64. The second kappa shape index (κ2) is 7.79. The Morgan fingerprint density at radius 1 is 1.31 bits per heavy atom. The van der Waals surface area contributed by atoms with Crippen molar-refractivity contribution in [3.8, 4) is 0 Å². The van der Waals surface area contributed by atoms with Crippen molar-refractivity contribution in [1.29, 1.82) is 0 Å². The molecular weight excluding hydrogens is 374 g/mol. The number of nitrogens with zero attached hydrogens (tertiary/aromatic N) is 4. The van der Waals surface area contributed by atoms with E-state index < -0.39 is 0 Å². The number of ether oxygens (including phenoxy) is 2. The molecule has 136 valence electrons. The van der Waals surface area contributed by atoms with E-state index in [1.807, 2.05) is 34.5 Å². The van der Waals surface area contributed by atoms with E-state index in [-0.39, 0.29) is 17.3 Å². The number of fused-ring (bicyclic) bond motifs is 1. The summed E-state index contributed by atoms with van der Waals surface area (Å²) < 4.78 is 13.7. The zero-order chi connectivity index (χ0) is 17.9. The second-order valence-electron chi connectivity index (χ2n) is 5.94. The standard InChI is InChI=1S/C17H18ClN5O2S/c18-15-14-16(22-17(19)21-15)23(10-20-14)13-9-26-12(8-25-13)7-24-6-11-4-2-1-3-5-11/h1-5,10,12-13H,6-9H2,(H2,19,21,22). The van der Waals surface area contributed by atoms with Crippen LogP contribution >= 0.6 is 23.4 Å². The van der Waals surface area contributed by atoms with E-state index >= 15 is 0 Å². The summed E-state index contributed by atoms with van der Waals surface area (Å²) in [5, 5.41) is 0.551. The maximum atomic E-state index is 6.08. The number of halogens is 1. The fourth-order valence-corrected chi connectivity index (χ4v) is 4.06. The highest BCUT2D eigenvalue weighted by molar-refractivity contribution is 8.00. The molecule has 3 aromatic rings. The van der Waals surface area contributed by atoms with Gasteiger partial charge in [-0.25, -0.2) is 4.98 Å². The Morgan fingerprint density at radius 2 is 2.15 bits per heavy atom. The zero-order valence-electron chi connectivity index (χ0n) is 13.9. The van der Waals surface area contributed by atoms with Gasteiger partial charge in [0.2, 0.25) is 5.95 Å². The molecule has 9 heteroatoms. The van der Waals surface area contributed by atoms with E-state index in [9.17, 15) is 0 Å². The SMILES string of the molecule is Nc1nc(Cl)c2ncn(C3CSC(COCc4ccccc4)CO3)c2n1. The monoisotopic (exact) mass is 391 g/mol. The molecule has 1 fully saturated rings. The van der Waals surface area contributed by atoms with E-state index in [1.54, 1.807) is 6.33 Å². The third-order valence-electron chi connectivity index (χ3n) is 4.07. The lowest BCUT2D eigenvalue weighted by Gasteiger charge is -2.29. The third-order valence-corrected chi connectivity index (χ3v) is 5.56. The fraction of sp³-hybridized carbons (Fsp3) is 0.353. The summed E-state index contributed by atoms with van der Waals surface area (Å²) in [6.07, 6.45) is 1.50. The fourth-order valence-electron chi connectivity index (χ4n) is 2.78. The van der Waals surface area contributed by atoms with Gasteiger partial charge in [0.25, 0.3) is 0 Å². The molecule has 0 saturated carbocycles. The molecular formula is C17H18ClN5O2S. The van der Waals surface area contributed by atoms with Gasteiger partial charge < -0.3 is 15.2 Å². The first-order valence-electron chi connectivity index (χ1n) is 8.21. The molecule has 7 nitrogen and oxygen atoms in total. The molecule has 2 N–H and O–H groups in total. The van der Waals surface area contributed by atoms with Crippen molar-refractivity contribution in [1.82, 2.24) is 19.5 Å². The van der Waals surface area contributed by atoms with Gasteiger partial charge in [-0.15, -0.1) is 11.8 Å². The molecule has 26 heavy (non-hydrogen) atoms. The number of imidazole rings is 1. The van der Waals surface area contributed by atoms with Crippen molar-refractivity contribution in [3.63, 3.8) is 0 Å². The van der Waals surface area contributed by atoms with Crippen LogP contribution in [0.5, 0.6) is 0 Å². The van der Waals surface area contributed by atoms with Crippen molar-refractivity contribution in [3.05, 3.63) is 47.4 Å². The minimum absolute atomic E-state index is 0.125. The lowest BCUT2D eigenvalue weighted by Crippen LogP contribution is -2.30. The van der Waals surface area contributed by atoms with Crippen LogP contribution in [0.25, 0.3) is 11.2 Å². The molecule has 2 atom stereocenters. The second-order valence-corrected chi connectivity index (χ2v) is 7.63. The first kappa shape index (κ1) is 17.5. The van der Waals surface area contributed by atoms with Gasteiger partial charge in [0, 0.05) is 5.75 Å². The minimum Gasteiger partial charge on any atom is -0.376 e. The van der Waals surface area contributed by atoms with Crippen LogP contribution < -0.4 is 5.73 Å². The topological polar surface area (TPSA) is 88.1 Å². The molecule has 3 heterocycles. The van der Waals surface area contributed by atoms with Gasteiger partial charge in [0.05, 0.1) is 31.4 Å². The summed E-state index contributed by atoms with van der Waals surface area (Å²) in [6, 6.07) is 10.1. The Balaban J connectivity index is 1.34. The van der Waals surface area contributed by atoms with Crippen LogP contribution in [0, 0.1) is 0 Å². The number of anilines is 1. The Kier molecular flexibility index (Phi) is 5.26. The van der Waals surface area contributed by atoms with Crippen LogP contribution in [-0.2, 0) is 16.1 Å². The van der Waals surface area contributed by atoms with Gasteiger partial charge >= 0.3 is 0 Å². The summed E-state index contributed by atoms with van der Waals surface area (Å²) >= 11 is 7.89. The van der Waals surface area contributed by atoms with E-state index in [0.29, 0.717) is 36.2 Å². The van der Waals surface area contributed by atoms with Crippen molar-refractivity contribution in [2.45, 2.75) is 18.1 Å². The number of thioether (sulfide) groups is 1. The molecule has 0 bridgehead atoms. The van der Waals surface area contributed by atoms with Crippen molar-refractivity contribution >= 4 is 40.5 Å². The summed E-state index contributed by atoms with van der Waals surface area (Å²) in [4.78, 5) is 12.4. The highest BCUT2D eigenvalue weighted by Crippen LogP contribution is 2.30. The van der Waals surface area contributed by atoms with Crippen molar-refractivity contribution < 1.29 is 9.47 Å². The number of aromatic nitrogens is 4. The van der Waals surface area contributed by atoms with Gasteiger partial charge in [-0.1, -0.05) is 41.9 Å². The van der Waals surface area contributed by atoms with E-state index in [0.717, 1.165) is 5.75 Å². The molecule has 1 aromatic carbocycles. The molecule has 1 aliphatic rings. The molecule has 0 amide bonds. The van der Waals surface area contributed by atoms with Gasteiger partial charge in [-0.2, -0.15) is 9.97 Å². The van der Waals surface area contributed by atoms with Crippen LogP contribution in [0.1, 0.15) is 11.8 Å². The summed E-state index contributed by atoms with van der Waals surface area (Å²) in [7, 11) is 0. The third kappa shape index (κ3) is 3.78. The lowest BCUT2D eigenvalue weighted by molar-refractivity contribution is 0.00158. The molecule has 2 unspecified atom stereocenters. The van der Waals surface area contributed by atoms with Gasteiger partial charge in [-0.05, 0) is 5.56 Å². The summed E-state index contributed by atoms with van der Waals surface area (Å²) in [5.41, 5.74) is 7.99. The van der Waals surface area contributed by atoms with Gasteiger partial charge in [0.15, 0.2) is 10.8 Å². The predicted octanol–water partition coefficient (Wildman–Crippen LogP) is 2.91. The van der Waals surface area contributed by atoms with Crippen LogP contribution in [-0.4, -0.2) is 43.7 Å². The normalized spacial score (nSPS) is 20.5. The maximum absolute atomic E-state index is 6.08. The van der Waals surface area contributed by atoms with Crippen LogP contribution in [0.15, 0.2) is 36.7 Å². The summed E-state index contributed by atoms with van der Waals surface area (Å²) in [5.74, 6) is 0.895. The Morgan fingerprint density at radius 3 is 2.92 bits per heavy atom. The number of hydrogen-bond donors (Lipinski definition) is 1. The zero-order valence-corrected chi connectivity index (χ0v) is 15.5. The minimum atomic E-state index is -0.166. The molecule has 1 saturated heterocycles. The number of rotatable bonds is 5. The van der Waals surface area contributed by atoms with Crippen molar-refractivity contribution in [2.75, 3.05) is 24.7 Å². The smallest absolute Gasteiger partial charge is 0.223 e. The van der Waals surface area contributed by atoms with Gasteiger partial charge in [0.1, 0.15) is 11.7 Å². The first-order chi connectivity index (χ1) is 12.7. The van der Waals surface area contributed by atoms with Crippen LogP contribution in [0.4, 0.5) is 5.95 Å². The molecule has 4 rings (SSSR count). The molecule has 0 aliphatic carbocycles. The lowest BCUT2D eigenvalue weighted by atomic mass is 10.2. The maximum Gasteiger partial charge on any atom is 0.223 e. The van der Waals surface area contributed by atoms with Crippen LogP contribution in [0.2, 0.25) is 5.15 Å². The molecule has 0 spiro atoms. The average molecular weight is 392 g/mol. The molecule has 1 aliphatic heterocycles. The van der Waals surface area contributed by atoms with E-state index in [2.05, 4.69) is 27.1 Å². The predicted molar refractivity (Wildman–Crippen MR) is 102 cm³/mol. The highest BCUT2D eigenvalue weighted by Gasteiger charge is 2.26. The number of hydrogen-bond acceptors (Lipinski definition) is 7. The molecule has 2 aromatic heterocycles. The van der Waals surface area contributed by atoms with Crippen molar-refractivity contribution in [2.24, 2.45) is 0 Å². The highest BCUT2D eigenvalue weighted by atomic mass is 35.5. The number of benzene rings is 1. The summed E-state index contributed by atoms with van der Waals surface area (Å²) in [6.45, 7) is 1.86. The number of nitrogen functional groups attached to an aromatic ring is 1. The largest absolute Gasteiger partial charge is 0.376 e. The Bertz CT molecular complexity index is 883. The Labute approximate surface area is 159 Å².